The molecule has 0 atom stereocenters. The molecule has 72 valence electrons. The summed E-state index contributed by atoms with van der Waals surface area (Å²) in [7, 11) is 0. The van der Waals surface area contributed by atoms with Crippen LogP contribution >= 0.6 is 0 Å². The summed E-state index contributed by atoms with van der Waals surface area (Å²) in [6.07, 6.45) is 1.03. The van der Waals surface area contributed by atoms with Gasteiger partial charge in [0.2, 0.25) is 0 Å². The van der Waals surface area contributed by atoms with Crippen molar-refractivity contribution in [3.63, 3.8) is 0 Å². The van der Waals surface area contributed by atoms with Crippen LogP contribution in [0, 0.1) is 0 Å². The molecule has 0 radical (unpaired) electrons. The van der Waals surface area contributed by atoms with E-state index in [2.05, 4.69) is 20.8 Å². The maximum Gasteiger partial charge on any atom is 0.119 e. The molecule has 0 heterocycles. The maximum atomic E-state index is 9.58. The minimum Gasteiger partial charge on any atom is -0.508 e. The van der Waals surface area contributed by atoms with Crippen LogP contribution in [0.25, 0.3) is 0 Å². The molecule has 1 nitrogen and oxygen atoms in total. The number of para-hydroxylation sites is 1. The van der Waals surface area contributed by atoms with Crippen molar-refractivity contribution in [1.29, 1.82) is 0 Å². The predicted molar refractivity (Wildman–Crippen MR) is 51.4 cm³/mol. The van der Waals surface area contributed by atoms with Gasteiger partial charge in [0.1, 0.15) is 5.75 Å². The van der Waals surface area contributed by atoms with Gasteiger partial charge in [-0.25, -0.2) is 0 Å². The van der Waals surface area contributed by atoms with Gasteiger partial charge in [-0.05, 0) is 23.5 Å². The van der Waals surface area contributed by atoms with Gasteiger partial charge in [-0.1, -0.05) is 39.0 Å². The molecule has 2 heteroatoms. The van der Waals surface area contributed by atoms with Crippen LogP contribution in [0.5, 0.6) is 5.75 Å². The van der Waals surface area contributed by atoms with E-state index in [0.717, 1.165) is 12.0 Å². The largest absolute Gasteiger partial charge is 0.508 e. The van der Waals surface area contributed by atoms with E-state index in [1.54, 1.807) is 6.07 Å². The molecule has 0 saturated carbocycles. The van der Waals surface area contributed by atoms with Gasteiger partial charge in [0.05, 0.1) is 0 Å². The summed E-state index contributed by atoms with van der Waals surface area (Å²) in [6, 6.07) is 7.54. The Hall–Kier alpha value is -0.292. The molecule has 1 aromatic carbocycles. The van der Waals surface area contributed by atoms with Crippen molar-refractivity contribution < 1.29 is 26.2 Å². The molecule has 0 fully saturated rings. The Morgan fingerprint density at radius 1 is 1.23 bits per heavy atom. The van der Waals surface area contributed by atoms with Crippen LogP contribution in [0.4, 0.5) is 0 Å². The van der Waals surface area contributed by atoms with Gasteiger partial charge >= 0.3 is 0 Å². The van der Waals surface area contributed by atoms with Gasteiger partial charge in [-0.3, -0.25) is 0 Å². The van der Waals surface area contributed by atoms with E-state index in [1.165, 1.54) is 0 Å². The van der Waals surface area contributed by atoms with Gasteiger partial charge in [0, 0.05) is 21.1 Å². The second-order valence-corrected chi connectivity index (χ2v) is 3.75. The zero-order chi connectivity index (χ0) is 9.19. The van der Waals surface area contributed by atoms with E-state index in [-0.39, 0.29) is 26.5 Å². The first-order valence-corrected chi connectivity index (χ1v) is 4.36. The molecule has 1 N–H and O–H groups in total. The Balaban J connectivity index is 0.00000144. The number of aromatic hydroxyl groups is 1. The SMILES string of the molecule is CCC(C)(C)c1ccccc1O.[W]. The van der Waals surface area contributed by atoms with E-state index in [0.29, 0.717) is 5.75 Å². The Morgan fingerprint density at radius 3 is 2.23 bits per heavy atom. The van der Waals surface area contributed by atoms with Crippen LogP contribution < -0.4 is 0 Å². The zero-order valence-electron chi connectivity index (χ0n) is 8.37. The number of rotatable bonds is 2. The molecular weight excluding hydrogens is 332 g/mol. The molecule has 0 aliphatic heterocycles. The fourth-order valence-corrected chi connectivity index (χ4v) is 1.24. The van der Waals surface area contributed by atoms with Gasteiger partial charge in [-0.15, -0.1) is 0 Å². The van der Waals surface area contributed by atoms with Crippen LogP contribution in [0.15, 0.2) is 24.3 Å². The van der Waals surface area contributed by atoms with Crippen molar-refractivity contribution >= 4 is 0 Å². The van der Waals surface area contributed by atoms with Crippen LogP contribution in [0.1, 0.15) is 32.8 Å². The number of hydrogen-bond acceptors (Lipinski definition) is 1. The number of phenols is 1. The molecule has 0 saturated heterocycles. The summed E-state index contributed by atoms with van der Waals surface area (Å²) in [5, 5.41) is 9.58. The molecular formula is C11H16OW. The Morgan fingerprint density at radius 2 is 1.77 bits per heavy atom. The normalized spacial score (nSPS) is 10.7. The first-order chi connectivity index (χ1) is 5.58. The second-order valence-electron chi connectivity index (χ2n) is 3.75. The fraction of sp³-hybridized carbons (Fsp3) is 0.455. The van der Waals surface area contributed by atoms with E-state index < -0.39 is 0 Å². The zero-order valence-corrected chi connectivity index (χ0v) is 11.3. The molecule has 0 aromatic heterocycles. The topological polar surface area (TPSA) is 20.2 Å². The predicted octanol–water partition coefficient (Wildman–Crippen LogP) is 3.08. The molecule has 1 aromatic rings. The van der Waals surface area contributed by atoms with Crippen molar-refractivity contribution in [3.8, 4) is 5.75 Å². The van der Waals surface area contributed by atoms with Gasteiger partial charge in [0.25, 0.3) is 0 Å². The van der Waals surface area contributed by atoms with E-state index in [1.807, 2.05) is 18.2 Å². The molecule has 0 aliphatic rings. The van der Waals surface area contributed by atoms with E-state index >= 15 is 0 Å². The van der Waals surface area contributed by atoms with E-state index in [4.69, 9.17) is 0 Å². The van der Waals surface area contributed by atoms with Crippen LogP contribution in [-0.4, -0.2) is 5.11 Å². The van der Waals surface area contributed by atoms with Crippen LogP contribution in [0.3, 0.4) is 0 Å². The third kappa shape index (κ3) is 2.84. The number of hydrogen-bond donors (Lipinski definition) is 1. The fourth-order valence-electron chi connectivity index (χ4n) is 1.24. The van der Waals surface area contributed by atoms with Crippen molar-refractivity contribution in [1.82, 2.24) is 0 Å². The van der Waals surface area contributed by atoms with Crippen LogP contribution in [0.2, 0.25) is 0 Å². The summed E-state index contributed by atoms with van der Waals surface area (Å²) >= 11 is 0. The molecule has 1 rings (SSSR count). The van der Waals surface area contributed by atoms with Gasteiger partial charge in [-0.2, -0.15) is 0 Å². The Bertz CT molecular complexity index is 269. The molecule has 0 amide bonds. The van der Waals surface area contributed by atoms with E-state index in [9.17, 15) is 5.11 Å². The van der Waals surface area contributed by atoms with Crippen molar-refractivity contribution in [2.75, 3.05) is 0 Å². The van der Waals surface area contributed by atoms with Crippen LogP contribution in [-0.2, 0) is 26.5 Å². The summed E-state index contributed by atoms with van der Waals surface area (Å²) in [4.78, 5) is 0. The Kier molecular flexibility index (Phi) is 4.70. The summed E-state index contributed by atoms with van der Waals surface area (Å²) in [5.41, 5.74) is 1.11. The quantitative estimate of drug-likeness (QED) is 0.871. The Labute approximate surface area is 94.4 Å². The third-order valence-electron chi connectivity index (χ3n) is 2.52. The molecule has 0 unspecified atom stereocenters. The average Bonchev–Trinajstić information content (AvgIpc) is 2.05. The second kappa shape index (κ2) is 4.81. The minimum atomic E-state index is 0. The summed E-state index contributed by atoms with van der Waals surface area (Å²) < 4.78 is 0. The van der Waals surface area contributed by atoms with Crippen molar-refractivity contribution in [3.05, 3.63) is 29.8 Å². The smallest absolute Gasteiger partial charge is 0.119 e. The monoisotopic (exact) mass is 348 g/mol. The first-order valence-electron chi connectivity index (χ1n) is 4.36. The van der Waals surface area contributed by atoms with Gasteiger partial charge in [0.15, 0.2) is 0 Å². The molecule has 0 aliphatic carbocycles. The first kappa shape index (κ1) is 12.7. The molecule has 0 bridgehead atoms. The molecule has 0 spiro atoms. The minimum absolute atomic E-state index is 0. The standard InChI is InChI=1S/C11H16O.W/c1-4-11(2,3)9-7-5-6-8-10(9)12;/h5-8,12H,4H2,1-3H3;. The molecule has 13 heavy (non-hydrogen) atoms. The number of benzene rings is 1. The average molecular weight is 348 g/mol. The van der Waals surface area contributed by atoms with Gasteiger partial charge < -0.3 is 5.11 Å². The summed E-state index contributed by atoms with van der Waals surface area (Å²) in [5.74, 6) is 0.407. The number of phenolic OH excluding ortho intramolecular Hbond substituents is 1. The van der Waals surface area contributed by atoms with Crippen molar-refractivity contribution in [2.24, 2.45) is 0 Å². The summed E-state index contributed by atoms with van der Waals surface area (Å²) in [6.45, 7) is 6.41. The third-order valence-corrected chi connectivity index (χ3v) is 2.52. The van der Waals surface area contributed by atoms with Crippen molar-refractivity contribution in [2.45, 2.75) is 32.6 Å². The maximum absolute atomic E-state index is 9.58.